The molecule has 0 aliphatic carbocycles. The maximum absolute atomic E-state index is 12.6. The van der Waals surface area contributed by atoms with Crippen molar-refractivity contribution in [2.24, 2.45) is 0 Å². The van der Waals surface area contributed by atoms with Crippen LogP contribution in [0.4, 0.5) is 5.69 Å². The van der Waals surface area contributed by atoms with Gasteiger partial charge in [-0.15, -0.1) is 6.42 Å². The molecule has 0 aliphatic heterocycles. The number of aromatic nitrogens is 1. The molecule has 0 atom stereocenters. The van der Waals surface area contributed by atoms with Crippen LogP contribution < -0.4 is 5.32 Å². The molecule has 1 amide bonds. The summed E-state index contributed by atoms with van der Waals surface area (Å²) in [4.78, 5) is 16.6. The summed E-state index contributed by atoms with van der Waals surface area (Å²) in [5.74, 6) is 1.89. The fourth-order valence-corrected chi connectivity index (χ4v) is 2.54. The second kappa shape index (κ2) is 7.38. The molecule has 3 aromatic rings. The smallest absolute Gasteiger partial charge is 0.275 e. The average Bonchev–Trinajstić information content (AvgIpc) is 3.23. The molecule has 130 valence electrons. The number of rotatable bonds is 4. The van der Waals surface area contributed by atoms with E-state index in [0.717, 1.165) is 5.56 Å². The maximum atomic E-state index is 12.6. The number of carbonyl (C=O) groups excluding carboxylic acids is 1. The Balaban J connectivity index is 1.90. The van der Waals surface area contributed by atoms with Crippen LogP contribution in [0.5, 0.6) is 0 Å². The quantitative estimate of drug-likeness (QED) is 0.553. The number of pyridine rings is 1. The van der Waals surface area contributed by atoms with Crippen LogP contribution in [0.2, 0.25) is 0 Å². The van der Waals surface area contributed by atoms with Gasteiger partial charge in [0.2, 0.25) is 0 Å². The fourth-order valence-electron chi connectivity index (χ4n) is 2.54. The Morgan fingerprint density at radius 3 is 2.81 bits per heavy atom. The summed E-state index contributed by atoms with van der Waals surface area (Å²) in [6, 6.07) is 10.3. The molecule has 6 nitrogen and oxygen atoms in total. The Kier molecular flexibility index (Phi) is 4.83. The number of benzene rings is 1. The first-order chi connectivity index (χ1) is 13.0. The fraction of sp³-hybridized carbons (Fsp3) is 0.0476. The van der Waals surface area contributed by atoms with E-state index in [2.05, 4.69) is 16.2 Å². The summed E-state index contributed by atoms with van der Waals surface area (Å²) >= 11 is 0. The van der Waals surface area contributed by atoms with Gasteiger partial charge in [-0.3, -0.25) is 10.2 Å². The van der Waals surface area contributed by atoms with E-state index in [-0.39, 0.29) is 22.5 Å². The average molecular weight is 354 g/mol. The topological polar surface area (TPSA) is 103 Å². The number of furan rings is 1. The molecule has 0 aliphatic rings. The van der Waals surface area contributed by atoms with E-state index in [1.165, 1.54) is 24.8 Å². The molecule has 0 saturated carbocycles. The van der Waals surface area contributed by atoms with Gasteiger partial charge in [-0.05, 0) is 36.8 Å². The molecule has 2 aromatic heterocycles. The Morgan fingerprint density at radius 2 is 2.15 bits per heavy atom. The number of hydrogen-bond donors (Lipinski definition) is 2. The zero-order valence-electron chi connectivity index (χ0n) is 14.4. The highest BCUT2D eigenvalue weighted by Crippen LogP contribution is 2.20. The van der Waals surface area contributed by atoms with Gasteiger partial charge in [-0.1, -0.05) is 12.0 Å². The largest absolute Gasteiger partial charge is 0.472 e. The standard InChI is InChI=1S/C21H14N4O2/c1-3-15-8-14(10-22)11-24-20(15)21(26)25-17-5-4-13(2)18(9-17)19(23)16-6-7-27-12-16/h1,4-9,11-12,23H,2H3,(H,25,26). The van der Waals surface area contributed by atoms with Gasteiger partial charge in [0.15, 0.2) is 0 Å². The summed E-state index contributed by atoms with van der Waals surface area (Å²) in [5, 5.41) is 20.0. The molecule has 0 unspecified atom stereocenters. The summed E-state index contributed by atoms with van der Waals surface area (Å²) in [6.45, 7) is 1.88. The Bertz CT molecular complexity index is 1120. The second-order valence-corrected chi connectivity index (χ2v) is 5.75. The van der Waals surface area contributed by atoms with E-state index < -0.39 is 5.91 Å². The number of anilines is 1. The number of aryl methyl sites for hydroxylation is 1. The molecule has 2 heterocycles. The Morgan fingerprint density at radius 1 is 1.33 bits per heavy atom. The monoisotopic (exact) mass is 354 g/mol. The van der Waals surface area contributed by atoms with E-state index in [0.29, 0.717) is 16.8 Å². The lowest BCUT2D eigenvalue weighted by atomic mass is 9.99. The number of carbonyl (C=O) groups is 1. The highest BCUT2D eigenvalue weighted by Gasteiger charge is 2.15. The second-order valence-electron chi connectivity index (χ2n) is 5.75. The lowest BCUT2D eigenvalue weighted by molar-refractivity contribution is 0.102. The zero-order chi connectivity index (χ0) is 19.4. The highest BCUT2D eigenvalue weighted by molar-refractivity contribution is 6.12. The van der Waals surface area contributed by atoms with Gasteiger partial charge in [-0.2, -0.15) is 5.26 Å². The number of terminal acetylenes is 1. The molecule has 6 heteroatoms. The van der Waals surface area contributed by atoms with Crippen LogP contribution in [0, 0.1) is 36.0 Å². The minimum absolute atomic E-state index is 0.0588. The third kappa shape index (κ3) is 3.60. The maximum Gasteiger partial charge on any atom is 0.275 e. The Labute approximate surface area is 156 Å². The van der Waals surface area contributed by atoms with Crippen molar-refractivity contribution in [1.29, 1.82) is 10.7 Å². The first-order valence-corrected chi connectivity index (χ1v) is 7.93. The lowest BCUT2D eigenvalue weighted by Gasteiger charge is -2.11. The molecule has 0 radical (unpaired) electrons. The number of nitrogens with zero attached hydrogens (tertiary/aromatic N) is 2. The highest BCUT2D eigenvalue weighted by atomic mass is 16.3. The van der Waals surface area contributed by atoms with Crippen molar-refractivity contribution in [1.82, 2.24) is 4.98 Å². The number of nitriles is 1. The lowest BCUT2D eigenvalue weighted by Crippen LogP contribution is -2.16. The SMILES string of the molecule is C#Cc1cc(C#N)cnc1C(=O)Nc1ccc(C)c(C(=N)c2ccoc2)c1. The summed E-state index contributed by atoms with van der Waals surface area (Å²) in [5.41, 5.74) is 3.57. The van der Waals surface area contributed by atoms with E-state index in [9.17, 15) is 4.79 Å². The molecule has 0 bridgehead atoms. The van der Waals surface area contributed by atoms with E-state index in [1.54, 1.807) is 18.2 Å². The van der Waals surface area contributed by atoms with Crippen molar-refractivity contribution in [3.05, 3.63) is 82.6 Å². The third-order valence-electron chi connectivity index (χ3n) is 3.96. The van der Waals surface area contributed by atoms with Crippen LogP contribution in [0.1, 0.15) is 38.3 Å². The van der Waals surface area contributed by atoms with Gasteiger partial charge in [0.05, 0.1) is 29.4 Å². The van der Waals surface area contributed by atoms with Crippen molar-refractivity contribution in [3.8, 4) is 18.4 Å². The van der Waals surface area contributed by atoms with E-state index in [1.807, 2.05) is 19.1 Å². The first kappa shape index (κ1) is 17.7. The van der Waals surface area contributed by atoms with Gasteiger partial charge >= 0.3 is 0 Å². The van der Waals surface area contributed by atoms with Crippen LogP contribution in [0.25, 0.3) is 0 Å². The minimum atomic E-state index is -0.489. The summed E-state index contributed by atoms with van der Waals surface area (Å²) in [6.07, 6.45) is 9.72. The van der Waals surface area contributed by atoms with Crippen molar-refractivity contribution >= 4 is 17.3 Å². The van der Waals surface area contributed by atoms with Crippen molar-refractivity contribution in [3.63, 3.8) is 0 Å². The molecule has 1 aromatic carbocycles. The van der Waals surface area contributed by atoms with Crippen LogP contribution >= 0.6 is 0 Å². The van der Waals surface area contributed by atoms with E-state index >= 15 is 0 Å². The molecule has 3 rings (SSSR count). The number of hydrogen-bond acceptors (Lipinski definition) is 5. The minimum Gasteiger partial charge on any atom is -0.472 e. The number of nitrogens with one attached hydrogen (secondary N) is 2. The van der Waals surface area contributed by atoms with Crippen LogP contribution in [-0.2, 0) is 0 Å². The molecular weight excluding hydrogens is 340 g/mol. The van der Waals surface area contributed by atoms with Gasteiger partial charge < -0.3 is 9.73 Å². The van der Waals surface area contributed by atoms with Crippen molar-refractivity contribution in [2.75, 3.05) is 5.32 Å². The summed E-state index contributed by atoms with van der Waals surface area (Å²) in [7, 11) is 0. The van der Waals surface area contributed by atoms with E-state index in [4.69, 9.17) is 21.5 Å². The van der Waals surface area contributed by atoms with Crippen molar-refractivity contribution < 1.29 is 9.21 Å². The van der Waals surface area contributed by atoms with Crippen LogP contribution in [0.15, 0.2) is 53.5 Å². The number of amides is 1. The zero-order valence-corrected chi connectivity index (χ0v) is 14.4. The molecular formula is C21H14N4O2. The Hall–Kier alpha value is -4.16. The van der Waals surface area contributed by atoms with Crippen LogP contribution in [-0.4, -0.2) is 16.6 Å². The molecule has 27 heavy (non-hydrogen) atoms. The van der Waals surface area contributed by atoms with Crippen molar-refractivity contribution in [2.45, 2.75) is 6.92 Å². The predicted octanol–water partition coefficient (Wildman–Crippen LogP) is 3.50. The first-order valence-electron chi connectivity index (χ1n) is 7.93. The van der Waals surface area contributed by atoms with Gasteiger partial charge in [0.25, 0.3) is 5.91 Å². The van der Waals surface area contributed by atoms with Crippen LogP contribution in [0.3, 0.4) is 0 Å². The van der Waals surface area contributed by atoms with Gasteiger partial charge in [0.1, 0.15) is 11.8 Å². The molecule has 0 fully saturated rings. The molecule has 0 saturated heterocycles. The predicted molar refractivity (Wildman–Crippen MR) is 101 cm³/mol. The normalized spacial score (nSPS) is 9.89. The van der Waals surface area contributed by atoms with Gasteiger partial charge in [-0.25, -0.2) is 4.98 Å². The van der Waals surface area contributed by atoms with Gasteiger partial charge in [0, 0.05) is 23.0 Å². The summed E-state index contributed by atoms with van der Waals surface area (Å²) < 4.78 is 5.03. The molecule has 2 N–H and O–H groups in total. The molecule has 0 spiro atoms. The third-order valence-corrected chi connectivity index (χ3v) is 3.96.